The first kappa shape index (κ1) is 18.2. The molecule has 8 nitrogen and oxygen atoms in total. The van der Waals surface area contributed by atoms with E-state index in [0.29, 0.717) is 17.3 Å². The molecule has 2 aromatic rings. The van der Waals surface area contributed by atoms with Gasteiger partial charge in [0.25, 0.3) is 0 Å². The van der Waals surface area contributed by atoms with E-state index in [1.54, 1.807) is 28.9 Å². The maximum Gasteiger partial charge on any atom is 0.319 e. The quantitative estimate of drug-likeness (QED) is 0.742. The van der Waals surface area contributed by atoms with Crippen LogP contribution in [0.3, 0.4) is 0 Å². The van der Waals surface area contributed by atoms with Crippen LogP contribution in [0.4, 0.5) is 10.5 Å². The first-order valence-corrected chi connectivity index (χ1v) is 9.11. The summed E-state index contributed by atoms with van der Waals surface area (Å²) < 4.78 is 13.3. The van der Waals surface area contributed by atoms with E-state index in [-0.39, 0.29) is 0 Å². The molecular formula is C18H21ClN4O4. The van der Waals surface area contributed by atoms with Crippen LogP contribution in [0.2, 0.25) is 5.02 Å². The number of aliphatic hydroxyl groups is 1. The smallest absolute Gasteiger partial charge is 0.319 e. The van der Waals surface area contributed by atoms with E-state index >= 15 is 0 Å². The first-order valence-electron chi connectivity index (χ1n) is 8.73. The minimum Gasteiger partial charge on any atom is -0.388 e. The molecule has 144 valence electrons. The zero-order valence-electron chi connectivity index (χ0n) is 14.9. The molecule has 0 radical (unpaired) electrons. The average Bonchev–Trinajstić information content (AvgIpc) is 3.17. The van der Waals surface area contributed by atoms with Gasteiger partial charge in [-0.15, -0.1) is 0 Å². The Bertz CT molecular complexity index is 858. The zero-order valence-corrected chi connectivity index (χ0v) is 15.7. The van der Waals surface area contributed by atoms with Crippen molar-refractivity contribution >= 4 is 23.3 Å². The van der Waals surface area contributed by atoms with Crippen molar-refractivity contribution in [3.8, 4) is 0 Å². The van der Waals surface area contributed by atoms with Crippen molar-refractivity contribution < 1.29 is 19.4 Å². The number of halogens is 1. The summed E-state index contributed by atoms with van der Waals surface area (Å²) in [5, 5.41) is 21.5. The van der Waals surface area contributed by atoms with Gasteiger partial charge in [0.15, 0.2) is 6.29 Å². The number of nitrogens with one attached hydrogen (secondary N) is 2. The van der Waals surface area contributed by atoms with Crippen LogP contribution in [0, 0.1) is 13.8 Å². The standard InChI is InChI=1S/C18H21ClN4O4/c1-9-6-10(2)23(22-9)15-16(24)14(13-8-26-17(15)27-13)21-18(25)20-12-5-3-4-11(19)7-12/h3-7,13-17,24H,8H2,1-2H3,(H2,20,21,25)/t13-,14-,15-,16+,17-/m1/s1. The lowest BCUT2D eigenvalue weighted by atomic mass is 9.96. The summed E-state index contributed by atoms with van der Waals surface area (Å²) in [5.41, 5.74) is 2.28. The Balaban J connectivity index is 1.52. The van der Waals surface area contributed by atoms with E-state index in [2.05, 4.69) is 15.7 Å². The van der Waals surface area contributed by atoms with E-state index in [1.807, 2.05) is 19.9 Å². The summed E-state index contributed by atoms with van der Waals surface area (Å²) >= 11 is 5.94. The molecule has 27 heavy (non-hydrogen) atoms. The third-order valence-electron chi connectivity index (χ3n) is 4.84. The van der Waals surface area contributed by atoms with Crippen molar-refractivity contribution in [1.82, 2.24) is 15.1 Å². The molecule has 2 saturated heterocycles. The number of fused-ring (bicyclic) bond motifs is 2. The summed E-state index contributed by atoms with van der Waals surface area (Å²) in [4.78, 5) is 12.4. The number of carbonyl (C=O) groups excluding carboxylic acids is 1. The Hall–Kier alpha value is -2.13. The zero-order chi connectivity index (χ0) is 19.1. The molecule has 3 heterocycles. The van der Waals surface area contributed by atoms with Crippen LogP contribution >= 0.6 is 11.6 Å². The minimum absolute atomic E-state index is 0.291. The molecule has 9 heteroatoms. The van der Waals surface area contributed by atoms with E-state index in [1.165, 1.54) is 0 Å². The van der Waals surface area contributed by atoms with Gasteiger partial charge in [0, 0.05) is 16.4 Å². The number of urea groups is 1. The normalized spacial score (nSPS) is 29.6. The minimum atomic E-state index is -0.917. The van der Waals surface area contributed by atoms with Crippen molar-refractivity contribution in [2.45, 2.75) is 44.4 Å². The molecule has 2 aliphatic heterocycles. The molecule has 0 saturated carbocycles. The number of hydrogen-bond donors (Lipinski definition) is 3. The van der Waals surface area contributed by atoms with Gasteiger partial charge in [-0.3, -0.25) is 4.68 Å². The van der Waals surface area contributed by atoms with Crippen LogP contribution in [0.1, 0.15) is 17.4 Å². The van der Waals surface area contributed by atoms with Gasteiger partial charge in [0.05, 0.1) is 18.3 Å². The molecule has 1 aromatic heterocycles. The average molecular weight is 393 g/mol. The number of anilines is 1. The molecule has 5 atom stereocenters. The van der Waals surface area contributed by atoms with Gasteiger partial charge in [0.1, 0.15) is 18.2 Å². The lowest BCUT2D eigenvalue weighted by Gasteiger charge is -2.39. The fourth-order valence-electron chi connectivity index (χ4n) is 3.67. The van der Waals surface area contributed by atoms with E-state index in [9.17, 15) is 9.90 Å². The molecule has 2 aliphatic rings. The van der Waals surface area contributed by atoms with Crippen molar-refractivity contribution in [3.05, 3.63) is 46.7 Å². The topological polar surface area (TPSA) is 97.6 Å². The number of aliphatic hydroxyl groups excluding tert-OH is 1. The summed E-state index contributed by atoms with van der Waals surface area (Å²) in [5.74, 6) is 0. The lowest BCUT2D eigenvalue weighted by Crippen LogP contribution is -2.59. The highest BCUT2D eigenvalue weighted by Gasteiger charge is 2.52. The highest BCUT2D eigenvalue weighted by atomic mass is 35.5. The summed E-state index contributed by atoms with van der Waals surface area (Å²) in [6, 6.07) is 7.10. The van der Waals surface area contributed by atoms with Crippen LogP contribution in [0.25, 0.3) is 0 Å². The van der Waals surface area contributed by atoms with Crippen molar-refractivity contribution in [1.29, 1.82) is 0 Å². The third kappa shape index (κ3) is 3.53. The van der Waals surface area contributed by atoms with Crippen molar-refractivity contribution in [3.63, 3.8) is 0 Å². The number of carbonyl (C=O) groups is 1. The number of amides is 2. The van der Waals surface area contributed by atoms with Gasteiger partial charge < -0.3 is 25.2 Å². The molecule has 2 amide bonds. The third-order valence-corrected chi connectivity index (χ3v) is 5.07. The Labute approximate surface area is 161 Å². The van der Waals surface area contributed by atoms with Gasteiger partial charge >= 0.3 is 6.03 Å². The molecule has 0 spiro atoms. The number of aryl methyl sites for hydroxylation is 2. The highest BCUT2D eigenvalue weighted by Crippen LogP contribution is 2.36. The van der Waals surface area contributed by atoms with Gasteiger partial charge in [-0.2, -0.15) is 5.10 Å². The van der Waals surface area contributed by atoms with Gasteiger partial charge in [0.2, 0.25) is 0 Å². The number of benzene rings is 1. The number of nitrogens with zero attached hydrogens (tertiary/aromatic N) is 2. The largest absolute Gasteiger partial charge is 0.388 e. The van der Waals surface area contributed by atoms with E-state index in [4.69, 9.17) is 21.1 Å². The molecular weight excluding hydrogens is 372 g/mol. The highest BCUT2D eigenvalue weighted by molar-refractivity contribution is 6.30. The van der Waals surface area contributed by atoms with Gasteiger partial charge in [-0.25, -0.2) is 4.79 Å². The molecule has 2 fully saturated rings. The molecule has 2 bridgehead atoms. The molecule has 0 aliphatic carbocycles. The van der Waals surface area contributed by atoms with Crippen molar-refractivity contribution in [2.24, 2.45) is 0 Å². The van der Waals surface area contributed by atoms with E-state index in [0.717, 1.165) is 11.4 Å². The molecule has 4 rings (SSSR count). The number of hydrogen-bond acceptors (Lipinski definition) is 5. The lowest BCUT2D eigenvalue weighted by molar-refractivity contribution is -0.166. The fourth-order valence-corrected chi connectivity index (χ4v) is 3.86. The van der Waals surface area contributed by atoms with Crippen molar-refractivity contribution in [2.75, 3.05) is 11.9 Å². The second-order valence-corrected chi connectivity index (χ2v) is 7.30. The summed E-state index contributed by atoms with van der Waals surface area (Å²) in [7, 11) is 0. The fraction of sp³-hybridized carbons (Fsp3) is 0.444. The van der Waals surface area contributed by atoms with Gasteiger partial charge in [-0.1, -0.05) is 17.7 Å². The molecule has 1 aromatic carbocycles. The van der Waals surface area contributed by atoms with Gasteiger partial charge in [-0.05, 0) is 38.1 Å². The van der Waals surface area contributed by atoms with Crippen LogP contribution < -0.4 is 10.6 Å². The Morgan fingerprint density at radius 1 is 1.37 bits per heavy atom. The Morgan fingerprint density at radius 2 is 2.19 bits per heavy atom. The van der Waals surface area contributed by atoms with Crippen LogP contribution in [0.15, 0.2) is 30.3 Å². The van der Waals surface area contributed by atoms with Crippen LogP contribution in [-0.4, -0.2) is 52.1 Å². The Morgan fingerprint density at radius 3 is 2.89 bits per heavy atom. The monoisotopic (exact) mass is 392 g/mol. The van der Waals surface area contributed by atoms with Crippen LogP contribution in [-0.2, 0) is 9.47 Å². The van der Waals surface area contributed by atoms with Crippen LogP contribution in [0.5, 0.6) is 0 Å². The maximum atomic E-state index is 12.4. The maximum absolute atomic E-state index is 12.4. The number of rotatable bonds is 3. The number of aromatic nitrogens is 2. The predicted molar refractivity (Wildman–Crippen MR) is 98.8 cm³/mol. The SMILES string of the molecule is Cc1cc(C)n([C@H]2[C@@H]3OC[C@@H](O3)[C@@H](NC(=O)Nc3cccc(Cl)c3)[C@@H]2O)n1. The summed E-state index contributed by atoms with van der Waals surface area (Å²) in [6.45, 7) is 4.08. The first-order chi connectivity index (χ1) is 12.9. The molecule has 0 unspecified atom stereocenters. The second-order valence-electron chi connectivity index (χ2n) is 6.86. The Kier molecular flexibility index (Phi) is 4.81. The second kappa shape index (κ2) is 7.12. The van der Waals surface area contributed by atoms with E-state index < -0.39 is 36.6 Å². The molecule has 3 N–H and O–H groups in total. The predicted octanol–water partition coefficient (Wildman–Crippen LogP) is 2.00. The number of ether oxygens (including phenoxy) is 2. The summed E-state index contributed by atoms with van der Waals surface area (Å²) in [6.07, 6.45) is -1.94.